The molecule has 1 aliphatic heterocycles. The van der Waals surface area contributed by atoms with Gasteiger partial charge in [-0.1, -0.05) is 5.16 Å². The summed E-state index contributed by atoms with van der Waals surface area (Å²) in [5.41, 5.74) is 1.09. The molecule has 3 heterocycles. The van der Waals surface area contributed by atoms with Crippen LogP contribution in [0.25, 0.3) is 0 Å². The van der Waals surface area contributed by atoms with E-state index in [4.69, 9.17) is 4.52 Å². The Morgan fingerprint density at radius 1 is 1.22 bits per heavy atom. The molecule has 0 atom stereocenters. The molecule has 0 aromatic carbocycles. The highest BCUT2D eigenvalue weighted by molar-refractivity contribution is 5.14. The van der Waals surface area contributed by atoms with E-state index in [2.05, 4.69) is 21.1 Å². The number of piperidine rings is 1. The van der Waals surface area contributed by atoms with E-state index in [9.17, 15) is 4.79 Å². The summed E-state index contributed by atoms with van der Waals surface area (Å²) in [6, 6.07) is 3.65. The van der Waals surface area contributed by atoms with Gasteiger partial charge in [-0.25, -0.2) is 4.98 Å². The molecule has 23 heavy (non-hydrogen) atoms. The third kappa shape index (κ3) is 3.52. The zero-order valence-corrected chi connectivity index (χ0v) is 13.2. The third-order valence-electron chi connectivity index (χ3n) is 4.90. The molecular weight excluding hydrogens is 292 g/mol. The van der Waals surface area contributed by atoms with Crippen LogP contribution in [0.2, 0.25) is 0 Å². The lowest BCUT2D eigenvalue weighted by Gasteiger charge is -2.31. The van der Waals surface area contributed by atoms with Crippen molar-refractivity contribution in [3.63, 3.8) is 0 Å². The molecule has 0 unspecified atom stereocenters. The summed E-state index contributed by atoms with van der Waals surface area (Å²) < 4.78 is 7.14. The molecule has 122 valence electrons. The Balaban J connectivity index is 1.28. The first-order valence-electron chi connectivity index (χ1n) is 8.46. The lowest BCUT2D eigenvalue weighted by Crippen LogP contribution is -2.36. The fourth-order valence-corrected chi connectivity index (χ4v) is 3.31. The Hall–Kier alpha value is -1.95. The van der Waals surface area contributed by atoms with Gasteiger partial charge in [0, 0.05) is 37.3 Å². The van der Waals surface area contributed by atoms with Crippen LogP contribution in [0.15, 0.2) is 34.0 Å². The van der Waals surface area contributed by atoms with Crippen molar-refractivity contribution in [1.82, 2.24) is 19.6 Å². The van der Waals surface area contributed by atoms with Gasteiger partial charge in [0.2, 0.25) is 0 Å². The maximum atomic E-state index is 11.8. The number of nitrogens with zero attached hydrogens (tertiary/aromatic N) is 4. The zero-order valence-electron chi connectivity index (χ0n) is 13.2. The molecule has 4 rings (SSSR count). The van der Waals surface area contributed by atoms with Crippen LogP contribution in [0, 0.1) is 5.92 Å². The number of hydrogen-bond acceptors (Lipinski definition) is 5. The Morgan fingerprint density at radius 2 is 2.04 bits per heavy atom. The van der Waals surface area contributed by atoms with Gasteiger partial charge in [-0.15, -0.1) is 0 Å². The lowest BCUT2D eigenvalue weighted by atomic mass is 9.96. The van der Waals surface area contributed by atoms with Gasteiger partial charge in [0.1, 0.15) is 5.76 Å². The van der Waals surface area contributed by atoms with Gasteiger partial charge < -0.3 is 4.52 Å². The minimum Gasteiger partial charge on any atom is -0.361 e. The number of hydrogen-bond donors (Lipinski definition) is 0. The molecule has 0 amide bonds. The zero-order chi connectivity index (χ0) is 15.6. The molecule has 0 bridgehead atoms. The Bertz CT molecular complexity index is 711. The standard InChI is InChI=1S/C17H22N4O2/c22-17-3-6-18-12-21(17)10-13-4-7-20(8-5-13)11-15-9-16(23-19-15)14-1-2-14/h3,6,9,12-14H,1-2,4-5,7-8,10-11H2. The van der Waals surface area contributed by atoms with Gasteiger partial charge in [-0.2, -0.15) is 0 Å². The van der Waals surface area contributed by atoms with Gasteiger partial charge in [0.15, 0.2) is 0 Å². The minimum atomic E-state index is 0.0395. The van der Waals surface area contributed by atoms with E-state index in [1.807, 2.05) is 0 Å². The van der Waals surface area contributed by atoms with Crippen LogP contribution in [0.3, 0.4) is 0 Å². The van der Waals surface area contributed by atoms with E-state index in [1.165, 1.54) is 18.9 Å². The van der Waals surface area contributed by atoms with Crippen molar-refractivity contribution in [2.24, 2.45) is 5.92 Å². The Morgan fingerprint density at radius 3 is 2.78 bits per heavy atom. The van der Waals surface area contributed by atoms with Crippen molar-refractivity contribution in [1.29, 1.82) is 0 Å². The fourth-order valence-electron chi connectivity index (χ4n) is 3.31. The van der Waals surface area contributed by atoms with E-state index >= 15 is 0 Å². The number of rotatable bonds is 5. The molecule has 0 spiro atoms. The quantitative estimate of drug-likeness (QED) is 0.845. The average Bonchev–Trinajstić information content (AvgIpc) is 3.32. The smallest absolute Gasteiger partial charge is 0.253 e. The average molecular weight is 314 g/mol. The van der Waals surface area contributed by atoms with Crippen LogP contribution in [-0.4, -0.2) is 32.7 Å². The van der Waals surface area contributed by atoms with E-state index in [0.29, 0.717) is 11.8 Å². The summed E-state index contributed by atoms with van der Waals surface area (Å²) in [6.07, 6.45) is 7.89. The Kier molecular flexibility index (Phi) is 3.99. The van der Waals surface area contributed by atoms with Crippen molar-refractivity contribution in [2.75, 3.05) is 13.1 Å². The molecule has 2 aromatic heterocycles. The van der Waals surface area contributed by atoms with Gasteiger partial charge in [0.05, 0.1) is 12.0 Å². The molecule has 0 radical (unpaired) electrons. The first-order chi connectivity index (χ1) is 11.3. The Labute approximate surface area is 135 Å². The number of aromatic nitrogens is 3. The predicted molar refractivity (Wildman–Crippen MR) is 85.0 cm³/mol. The molecule has 1 saturated carbocycles. The first kappa shape index (κ1) is 14.6. The number of likely N-dealkylation sites (tertiary alicyclic amines) is 1. The van der Waals surface area contributed by atoms with E-state index < -0.39 is 0 Å². The largest absolute Gasteiger partial charge is 0.361 e. The highest BCUT2D eigenvalue weighted by atomic mass is 16.5. The molecule has 1 saturated heterocycles. The molecule has 2 fully saturated rings. The van der Waals surface area contributed by atoms with Crippen molar-refractivity contribution in [3.05, 3.63) is 46.5 Å². The SMILES string of the molecule is O=c1ccncn1CC1CCN(Cc2cc(C3CC3)on2)CC1. The molecule has 0 N–H and O–H groups in total. The van der Waals surface area contributed by atoms with Gasteiger partial charge >= 0.3 is 0 Å². The van der Waals surface area contributed by atoms with Crippen molar-refractivity contribution in [3.8, 4) is 0 Å². The molecular formula is C17H22N4O2. The van der Waals surface area contributed by atoms with Crippen molar-refractivity contribution >= 4 is 0 Å². The highest BCUT2D eigenvalue weighted by Gasteiger charge is 2.28. The topological polar surface area (TPSA) is 64.2 Å². The molecule has 6 heteroatoms. The maximum absolute atomic E-state index is 11.8. The van der Waals surface area contributed by atoms with E-state index in [0.717, 1.165) is 50.5 Å². The van der Waals surface area contributed by atoms with Crippen molar-refractivity contribution < 1.29 is 4.52 Å². The van der Waals surface area contributed by atoms with Gasteiger partial charge in [-0.3, -0.25) is 14.3 Å². The van der Waals surface area contributed by atoms with Crippen LogP contribution in [-0.2, 0) is 13.1 Å². The predicted octanol–water partition coefficient (Wildman–Crippen LogP) is 2.02. The summed E-state index contributed by atoms with van der Waals surface area (Å²) in [6.45, 7) is 3.74. The van der Waals surface area contributed by atoms with Crippen LogP contribution in [0.4, 0.5) is 0 Å². The molecule has 2 aromatic rings. The first-order valence-corrected chi connectivity index (χ1v) is 8.46. The lowest BCUT2D eigenvalue weighted by molar-refractivity contribution is 0.163. The fraction of sp³-hybridized carbons (Fsp3) is 0.588. The highest BCUT2D eigenvalue weighted by Crippen LogP contribution is 2.40. The van der Waals surface area contributed by atoms with Crippen LogP contribution >= 0.6 is 0 Å². The molecule has 2 aliphatic rings. The normalized spacial score (nSPS) is 20.0. The summed E-state index contributed by atoms with van der Waals surface area (Å²) in [5, 5.41) is 4.20. The van der Waals surface area contributed by atoms with Crippen molar-refractivity contribution in [2.45, 2.75) is 44.7 Å². The van der Waals surface area contributed by atoms with Crippen LogP contribution in [0.5, 0.6) is 0 Å². The van der Waals surface area contributed by atoms with E-state index in [1.54, 1.807) is 17.1 Å². The second kappa shape index (κ2) is 6.28. The maximum Gasteiger partial charge on any atom is 0.253 e. The molecule has 1 aliphatic carbocycles. The summed E-state index contributed by atoms with van der Waals surface area (Å²) in [4.78, 5) is 18.2. The molecule has 6 nitrogen and oxygen atoms in total. The van der Waals surface area contributed by atoms with Gasteiger partial charge in [0.25, 0.3) is 5.56 Å². The second-order valence-electron chi connectivity index (χ2n) is 6.79. The van der Waals surface area contributed by atoms with Crippen LogP contribution in [0.1, 0.15) is 43.1 Å². The minimum absolute atomic E-state index is 0.0395. The summed E-state index contributed by atoms with van der Waals surface area (Å²) >= 11 is 0. The third-order valence-corrected chi connectivity index (χ3v) is 4.90. The van der Waals surface area contributed by atoms with Gasteiger partial charge in [-0.05, 0) is 44.7 Å². The van der Waals surface area contributed by atoms with E-state index in [-0.39, 0.29) is 5.56 Å². The second-order valence-corrected chi connectivity index (χ2v) is 6.79. The summed E-state index contributed by atoms with van der Waals surface area (Å²) in [5.74, 6) is 2.23. The van der Waals surface area contributed by atoms with Crippen LogP contribution < -0.4 is 5.56 Å². The summed E-state index contributed by atoms with van der Waals surface area (Å²) in [7, 11) is 0. The monoisotopic (exact) mass is 314 g/mol.